The predicted octanol–water partition coefficient (Wildman–Crippen LogP) is 1.82. The number of carbonyl (C=O) groups excluding carboxylic acids is 1. The van der Waals surface area contributed by atoms with Crippen molar-refractivity contribution < 1.29 is 9.90 Å². The molecule has 1 aliphatic carbocycles. The summed E-state index contributed by atoms with van der Waals surface area (Å²) in [6.07, 6.45) is 5.30. The van der Waals surface area contributed by atoms with E-state index in [1.165, 1.54) is 12.2 Å². The molecule has 1 N–H and O–H groups in total. The van der Waals surface area contributed by atoms with E-state index in [4.69, 9.17) is 5.11 Å². The lowest BCUT2D eigenvalue weighted by Gasteiger charge is -2.39. The number of hydrogen-bond acceptors (Lipinski definition) is 2. The van der Waals surface area contributed by atoms with Gasteiger partial charge in [0.15, 0.2) is 0 Å². The lowest BCUT2D eigenvalue weighted by molar-refractivity contribution is -0.127. The van der Waals surface area contributed by atoms with Gasteiger partial charge >= 0.3 is 0 Å². The van der Waals surface area contributed by atoms with Gasteiger partial charge in [0.25, 0.3) is 0 Å². The Morgan fingerprint density at radius 1 is 1.53 bits per heavy atom. The van der Waals surface area contributed by atoms with Crippen molar-refractivity contribution in [3.63, 3.8) is 0 Å². The molecule has 2 bridgehead atoms. The van der Waals surface area contributed by atoms with Crippen LogP contribution in [0.5, 0.6) is 0 Å². The molecular formula is C14H23NO2. The van der Waals surface area contributed by atoms with E-state index in [1.54, 1.807) is 0 Å². The fourth-order valence-corrected chi connectivity index (χ4v) is 3.60. The minimum atomic E-state index is -0.0612. The second-order valence-corrected chi connectivity index (χ2v) is 6.06. The number of aliphatic hydroxyl groups is 1. The lowest BCUT2D eigenvalue weighted by Crippen LogP contribution is -2.36. The van der Waals surface area contributed by atoms with Gasteiger partial charge in [0, 0.05) is 18.7 Å². The smallest absolute Gasteiger partial charge is 0.246 e. The third-order valence-corrected chi connectivity index (χ3v) is 4.92. The Labute approximate surface area is 103 Å². The second-order valence-electron chi connectivity index (χ2n) is 6.06. The third-order valence-electron chi connectivity index (χ3n) is 4.92. The maximum Gasteiger partial charge on any atom is 0.246 e. The minimum Gasteiger partial charge on any atom is -0.392 e. The van der Waals surface area contributed by atoms with Crippen LogP contribution in [-0.2, 0) is 4.79 Å². The lowest BCUT2D eigenvalue weighted by atomic mass is 9.65. The van der Waals surface area contributed by atoms with Gasteiger partial charge in [-0.3, -0.25) is 4.79 Å². The van der Waals surface area contributed by atoms with Crippen molar-refractivity contribution in [2.75, 3.05) is 13.2 Å². The molecule has 96 valence electrons. The van der Waals surface area contributed by atoms with Crippen LogP contribution in [0.2, 0.25) is 0 Å². The molecule has 3 nitrogen and oxygen atoms in total. The Bertz CT molecular complexity index is 339. The van der Waals surface area contributed by atoms with E-state index in [0.717, 1.165) is 19.4 Å². The van der Waals surface area contributed by atoms with Gasteiger partial charge in [0.05, 0.1) is 6.61 Å². The summed E-state index contributed by atoms with van der Waals surface area (Å²) in [7, 11) is 0. The molecule has 0 aromatic heterocycles. The van der Waals surface area contributed by atoms with Crippen LogP contribution in [0, 0.1) is 17.3 Å². The van der Waals surface area contributed by atoms with Crippen molar-refractivity contribution in [2.45, 2.75) is 39.7 Å². The Kier molecular flexibility index (Phi) is 3.30. The highest BCUT2D eigenvalue weighted by Gasteiger charge is 2.50. The van der Waals surface area contributed by atoms with Crippen molar-refractivity contribution in [3.8, 4) is 0 Å². The fourth-order valence-electron chi connectivity index (χ4n) is 3.60. The van der Waals surface area contributed by atoms with Gasteiger partial charge in [-0.15, -0.1) is 0 Å². The highest BCUT2D eigenvalue weighted by Crippen LogP contribution is 2.50. The van der Waals surface area contributed by atoms with Crippen molar-refractivity contribution in [2.24, 2.45) is 17.3 Å². The van der Waals surface area contributed by atoms with Crippen LogP contribution in [0.15, 0.2) is 12.2 Å². The van der Waals surface area contributed by atoms with Crippen molar-refractivity contribution in [1.82, 2.24) is 4.90 Å². The molecule has 0 spiro atoms. The molecule has 2 fully saturated rings. The first-order valence-electron chi connectivity index (χ1n) is 6.56. The first-order chi connectivity index (χ1) is 7.98. The zero-order valence-electron chi connectivity index (χ0n) is 11.0. The van der Waals surface area contributed by atoms with Gasteiger partial charge in [-0.2, -0.15) is 0 Å². The molecule has 0 radical (unpaired) electrons. The van der Waals surface area contributed by atoms with Crippen LogP contribution in [0.1, 0.15) is 33.6 Å². The van der Waals surface area contributed by atoms with E-state index in [1.807, 2.05) is 4.90 Å². The maximum absolute atomic E-state index is 12.0. The zero-order valence-corrected chi connectivity index (χ0v) is 11.0. The molecule has 3 heteroatoms. The Hall–Kier alpha value is -0.830. The normalized spacial score (nSPS) is 41.2. The van der Waals surface area contributed by atoms with E-state index in [0.29, 0.717) is 17.9 Å². The summed E-state index contributed by atoms with van der Waals surface area (Å²) < 4.78 is 0. The maximum atomic E-state index is 12.0. The quantitative estimate of drug-likeness (QED) is 0.744. The highest BCUT2D eigenvalue weighted by atomic mass is 16.2. The molecule has 1 saturated heterocycles. The van der Waals surface area contributed by atoms with Gasteiger partial charge in [-0.1, -0.05) is 26.8 Å². The van der Waals surface area contributed by atoms with Crippen LogP contribution < -0.4 is 0 Å². The number of amides is 1. The Balaban J connectivity index is 2.14. The number of likely N-dealkylation sites (tertiary alicyclic amines) is 1. The van der Waals surface area contributed by atoms with Gasteiger partial charge in [-0.05, 0) is 30.1 Å². The van der Waals surface area contributed by atoms with E-state index >= 15 is 0 Å². The fraction of sp³-hybridized carbons (Fsp3) is 0.786. The van der Waals surface area contributed by atoms with E-state index in [-0.39, 0.29) is 17.9 Å². The first kappa shape index (κ1) is 12.6. The first-order valence-corrected chi connectivity index (χ1v) is 6.56. The summed E-state index contributed by atoms with van der Waals surface area (Å²) in [5.41, 5.74) is 0.283. The summed E-state index contributed by atoms with van der Waals surface area (Å²) in [5, 5.41) is 8.72. The average Bonchev–Trinajstić information content (AvgIpc) is 2.58. The summed E-state index contributed by atoms with van der Waals surface area (Å²) in [6.45, 7) is 7.74. The summed E-state index contributed by atoms with van der Waals surface area (Å²) >= 11 is 0. The topological polar surface area (TPSA) is 40.5 Å². The molecule has 1 saturated carbocycles. The monoisotopic (exact) mass is 237 g/mol. The van der Waals surface area contributed by atoms with Crippen molar-refractivity contribution in [1.29, 1.82) is 0 Å². The molecule has 2 rings (SSSR count). The number of aliphatic hydroxyl groups excluding tert-OH is 1. The van der Waals surface area contributed by atoms with E-state index < -0.39 is 0 Å². The Morgan fingerprint density at radius 2 is 2.24 bits per heavy atom. The summed E-state index contributed by atoms with van der Waals surface area (Å²) in [4.78, 5) is 14.0. The third kappa shape index (κ3) is 2.13. The average molecular weight is 237 g/mol. The number of fused-ring (bicyclic) bond motifs is 2. The van der Waals surface area contributed by atoms with Gasteiger partial charge in [0.1, 0.15) is 0 Å². The van der Waals surface area contributed by atoms with Gasteiger partial charge in [0.2, 0.25) is 5.91 Å². The molecule has 0 aromatic rings. The zero-order chi connectivity index (χ0) is 12.6. The molecule has 17 heavy (non-hydrogen) atoms. The molecule has 2 aliphatic rings. The van der Waals surface area contributed by atoms with Gasteiger partial charge in [-0.25, -0.2) is 0 Å². The molecule has 1 heterocycles. The predicted molar refractivity (Wildman–Crippen MR) is 67.4 cm³/mol. The number of hydrogen-bond donors (Lipinski definition) is 1. The van der Waals surface area contributed by atoms with Crippen LogP contribution in [0.3, 0.4) is 0 Å². The van der Waals surface area contributed by atoms with E-state index in [2.05, 4.69) is 20.8 Å². The van der Waals surface area contributed by atoms with Crippen LogP contribution in [-0.4, -0.2) is 35.1 Å². The SMILES string of the molecule is CC1CC2CC(C)(CN2C(=O)/C=C/CO)C1C. The molecule has 0 aromatic carbocycles. The molecular weight excluding hydrogens is 214 g/mol. The summed E-state index contributed by atoms with van der Waals surface area (Å²) in [5.74, 6) is 1.44. The largest absolute Gasteiger partial charge is 0.392 e. The second kappa shape index (κ2) is 4.45. The molecule has 4 atom stereocenters. The molecule has 1 amide bonds. The van der Waals surface area contributed by atoms with Crippen molar-refractivity contribution >= 4 is 5.91 Å². The summed E-state index contributed by atoms with van der Waals surface area (Å²) in [6, 6.07) is 0.405. The van der Waals surface area contributed by atoms with Crippen LogP contribution in [0.25, 0.3) is 0 Å². The molecule has 4 unspecified atom stereocenters. The van der Waals surface area contributed by atoms with E-state index in [9.17, 15) is 4.79 Å². The van der Waals surface area contributed by atoms with Crippen molar-refractivity contribution in [3.05, 3.63) is 12.2 Å². The van der Waals surface area contributed by atoms with Crippen LogP contribution >= 0.6 is 0 Å². The number of rotatable bonds is 2. The minimum absolute atomic E-state index is 0.0612. The van der Waals surface area contributed by atoms with Crippen LogP contribution in [0.4, 0.5) is 0 Å². The number of nitrogens with zero attached hydrogens (tertiary/aromatic N) is 1. The highest BCUT2D eigenvalue weighted by molar-refractivity contribution is 5.88. The number of carbonyl (C=O) groups is 1. The molecule has 1 aliphatic heterocycles. The van der Waals surface area contributed by atoms with Gasteiger partial charge < -0.3 is 10.0 Å². The standard InChI is InChI=1S/C14H23NO2/c1-10-7-12-8-14(3,11(10)2)9-15(12)13(17)5-4-6-16/h4-5,10-12,16H,6-9H2,1-3H3/b5-4+. The Morgan fingerprint density at radius 3 is 2.88 bits per heavy atom.